The van der Waals surface area contributed by atoms with Crippen molar-refractivity contribution in [2.24, 2.45) is 4.99 Å². The molecular formula is C24H20BrN3O. The van der Waals surface area contributed by atoms with Crippen molar-refractivity contribution in [3.05, 3.63) is 99.5 Å². The van der Waals surface area contributed by atoms with E-state index in [-0.39, 0.29) is 12.2 Å². The van der Waals surface area contributed by atoms with Gasteiger partial charge in [0, 0.05) is 22.6 Å². The zero-order valence-corrected chi connectivity index (χ0v) is 17.6. The zero-order valence-electron chi connectivity index (χ0n) is 16.0. The third kappa shape index (κ3) is 4.40. The predicted molar refractivity (Wildman–Crippen MR) is 118 cm³/mol. The molecule has 1 aliphatic rings. The van der Waals surface area contributed by atoms with Crippen molar-refractivity contribution in [2.75, 3.05) is 7.11 Å². The molecular weight excluding hydrogens is 426 g/mol. The number of rotatable bonds is 4. The molecule has 0 radical (unpaired) electrons. The average Bonchev–Trinajstić information content (AvgIpc) is 2.79. The summed E-state index contributed by atoms with van der Waals surface area (Å²) in [5, 5.41) is 12.7. The van der Waals surface area contributed by atoms with Gasteiger partial charge in [0.05, 0.1) is 18.7 Å². The number of aliphatic imine (C=N–C) groups is 1. The van der Waals surface area contributed by atoms with Crippen molar-refractivity contribution >= 4 is 21.6 Å². The molecule has 0 saturated heterocycles. The van der Waals surface area contributed by atoms with Gasteiger partial charge in [-0.3, -0.25) is 10.3 Å². The van der Waals surface area contributed by atoms with Gasteiger partial charge in [-0.05, 0) is 53.1 Å². The van der Waals surface area contributed by atoms with E-state index >= 15 is 0 Å². The van der Waals surface area contributed by atoms with Gasteiger partial charge >= 0.3 is 0 Å². The Morgan fingerprint density at radius 2 is 1.76 bits per heavy atom. The molecule has 0 unspecified atom stereocenters. The van der Waals surface area contributed by atoms with E-state index in [1.165, 1.54) is 5.56 Å². The molecule has 0 aliphatic carbocycles. The van der Waals surface area contributed by atoms with Crippen molar-refractivity contribution in [3.8, 4) is 11.8 Å². The Hall–Kier alpha value is -2.94. The molecule has 1 aliphatic heterocycles. The summed E-state index contributed by atoms with van der Waals surface area (Å²) >= 11 is 3.57. The first-order valence-electron chi connectivity index (χ1n) is 9.39. The normalized spacial score (nSPS) is 18.6. The number of nitriles is 1. The SMILES string of the molecule is COc1ccc([C@@H]2CC(c3cccc(Br)c3)=N[C@H](c3ccc(C#N)cc3)N2)cc1. The number of benzene rings is 3. The minimum absolute atomic E-state index is 0.119. The zero-order chi connectivity index (χ0) is 20.2. The molecule has 0 bridgehead atoms. The summed E-state index contributed by atoms with van der Waals surface area (Å²) in [6.07, 6.45) is 0.604. The lowest BCUT2D eigenvalue weighted by Gasteiger charge is -2.30. The molecule has 0 amide bonds. The highest BCUT2D eigenvalue weighted by Gasteiger charge is 2.26. The van der Waals surface area contributed by atoms with Crippen LogP contribution in [-0.2, 0) is 0 Å². The van der Waals surface area contributed by atoms with Crippen LogP contribution in [0.3, 0.4) is 0 Å². The Kier molecular flexibility index (Phi) is 5.75. The van der Waals surface area contributed by atoms with E-state index in [1.807, 2.05) is 48.5 Å². The number of methoxy groups -OCH3 is 1. The van der Waals surface area contributed by atoms with Crippen LogP contribution in [0.1, 0.15) is 40.9 Å². The van der Waals surface area contributed by atoms with Crippen molar-refractivity contribution in [1.82, 2.24) is 5.32 Å². The van der Waals surface area contributed by atoms with Crippen LogP contribution in [0.25, 0.3) is 0 Å². The fraction of sp³-hybridized carbons (Fsp3) is 0.167. The smallest absolute Gasteiger partial charge is 0.126 e. The highest BCUT2D eigenvalue weighted by atomic mass is 79.9. The Balaban J connectivity index is 1.71. The molecule has 2 atom stereocenters. The van der Waals surface area contributed by atoms with Gasteiger partial charge in [0.25, 0.3) is 0 Å². The van der Waals surface area contributed by atoms with E-state index < -0.39 is 0 Å². The first-order chi connectivity index (χ1) is 14.2. The lowest BCUT2D eigenvalue weighted by atomic mass is 9.94. The largest absolute Gasteiger partial charge is 0.497 e. The second-order valence-electron chi connectivity index (χ2n) is 6.92. The molecule has 1 N–H and O–H groups in total. The van der Waals surface area contributed by atoms with Crippen LogP contribution >= 0.6 is 15.9 Å². The Morgan fingerprint density at radius 1 is 1.03 bits per heavy atom. The van der Waals surface area contributed by atoms with Gasteiger partial charge in [0.2, 0.25) is 0 Å². The van der Waals surface area contributed by atoms with E-state index in [4.69, 9.17) is 15.0 Å². The topological polar surface area (TPSA) is 57.4 Å². The molecule has 144 valence electrons. The summed E-state index contributed by atoms with van der Waals surface area (Å²) in [7, 11) is 1.67. The number of nitrogens with zero attached hydrogens (tertiary/aromatic N) is 2. The van der Waals surface area contributed by atoms with Crippen molar-refractivity contribution in [1.29, 1.82) is 5.26 Å². The number of halogens is 1. The van der Waals surface area contributed by atoms with E-state index in [0.29, 0.717) is 5.56 Å². The van der Waals surface area contributed by atoms with E-state index in [0.717, 1.165) is 33.5 Å². The summed E-state index contributed by atoms with van der Waals surface area (Å²) in [6, 6.07) is 26.3. The van der Waals surface area contributed by atoms with E-state index in [9.17, 15) is 0 Å². The number of hydrogen-bond donors (Lipinski definition) is 1. The first-order valence-corrected chi connectivity index (χ1v) is 10.2. The Morgan fingerprint density at radius 3 is 2.41 bits per heavy atom. The quantitative estimate of drug-likeness (QED) is 0.572. The Labute approximate surface area is 179 Å². The highest BCUT2D eigenvalue weighted by molar-refractivity contribution is 9.10. The van der Waals surface area contributed by atoms with Crippen LogP contribution in [0.4, 0.5) is 0 Å². The first kappa shape index (κ1) is 19.4. The van der Waals surface area contributed by atoms with Gasteiger partial charge < -0.3 is 4.74 Å². The monoisotopic (exact) mass is 445 g/mol. The molecule has 0 fully saturated rings. The van der Waals surface area contributed by atoms with E-state index in [1.54, 1.807) is 7.11 Å². The minimum atomic E-state index is -0.183. The summed E-state index contributed by atoms with van der Waals surface area (Å²) in [4.78, 5) is 5.01. The Bertz CT molecular complexity index is 1070. The van der Waals surface area contributed by atoms with Crippen molar-refractivity contribution in [2.45, 2.75) is 18.6 Å². The molecule has 4 rings (SSSR count). The van der Waals surface area contributed by atoms with Gasteiger partial charge in [0.15, 0.2) is 0 Å². The summed E-state index contributed by atoms with van der Waals surface area (Å²) in [6.45, 7) is 0. The van der Waals surface area contributed by atoms with Crippen LogP contribution in [0.5, 0.6) is 5.75 Å². The number of nitrogens with one attached hydrogen (secondary N) is 1. The second-order valence-corrected chi connectivity index (χ2v) is 7.83. The standard InChI is InChI=1S/C24H20BrN3O/c1-29-21-11-9-17(10-12-21)22-14-23(19-3-2-4-20(25)13-19)28-24(27-22)18-7-5-16(15-26)6-8-18/h2-13,22,24,27H,14H2,1H3/t22-,24+/m0/s1. The maximum atomic E-state index is 9.08. The molecule has 0 saturated carbocycles. The molecule has 4 nitrogen and oxygen atoms in total. The molecule has 5 heteroatoms. The molecule has 0 spiro atoms. The molecule has 29 heavy (non-hydrogen) atoms. The lowest BCUT2D eigenvalue weighted by Crippen LogP contribution is -2.33. The van der Waals surface area contributed by atoms with E-state index in [2.05, 4.69) is 51.6 Å². The molecule has 0 aromatic heterocycles. The molecule has 3 aromatic carbocycles. The van der Waals surface area contributed by atoms with Crippen molar-refractivity contribution < 1.29 is 4.74 Å². The fourth-order valence-corrected chi connectivity index (χ4v) is 3.91. The lowest BCUT2D eigenvalue weighted by molar-refractivity contribution is 0.413. The second kappa shape index (κ2) is 8.60. The summed E-state index contributed by atoms with van der Waals surface area (Å²) < 4.78 is 6.33. The van der Waals surface area contributed by atoms with Crippen molar-refractivity contribution in [3.63, 3.8) is 0 Å². The van der Waals surface area contributed by atoms with Gasteiger partial charge in [0.1, 0.15) is 11.9 Å². The van der Waals surface area contributed by atoms with Crippen LogP contribution in [0.15, 0.2) is 82.3 Å². The minimum Gasteiger partial charge on any atom is -0.497 e. The van der Waals surface area contributed by atoms with Gasteiger partial charge in [-0.2, -0.15) is 5.26 Å². The maximum Gasteiger partial charge on any atom is 0.126 e. The molecule has 3 aromatic rings. The van der Waals surface area contributed by atoms with Crippen LogP contribution in [0, 0.1) is 11.3 Å². The summed E-state index contributed by atoms with van der Waals surface area (Å²) in [5.74, 6) is 0.842. The van der Waals surface area contributed by atoms with Crippen LogP contribution in [0.2, 0.25) is 0 Å². The fourth-order valence-electron chi connectivity index (χ4n) is 3.51. The third-order valence-electron chi connectivity index (χ3n) is 5.07. The summed E-state index contributed by atoms with van der Waals surface area (Å²) in [5.41, 5.74) is 5.03. The van der Waals surface area contributed by atoms with Crippen LogP contribution in [-0.4, -0.2) is 12.8 Å². The van der Waals surface area contributed by atoms with Gasteiger partial charge in [-0.1, -0.05) is 52.3 Å². The number of hydrogen-bond acceptors (Lipinski definition) is 4. The maximum absolute atomic E-state index is 9.08. The average molecular weight is 446 g/mol. The predicted octanol–water partition coefficient (Wildman–Crippen LogP) is 5.55. The van der Waals surface area contributed by atoms with Crippen LogP contribution < -0.4 is 10.1 Å². The van der Waals surface area contributed by atoms with Gasteiger partial charge in [-0.15, -0.1) is 0 Å². The molecule has 1 heterocycles. The number of ether oxygens (including phenoxy) is 1. The van der Waals surface area contributed by atoms with Gasteiger partial charge in [-0.25, -0.2) is 0 Å². The third-order valence-corrected chi connectivity index (χ3v) is 5.57. The highest BCUT2D eigenvalue weighted by Crippen LogP contribution is 2.32.